The fourth-order valence-corrected chi connectivity index (χ4v) is 1.34. The van der Waals surface area contributed by atoms with Crippen LogP contribution < -0.4 is 0 Å². The molecule has 0 radical (unpaired) electrons. The van der Waals surface area contributed by atoms with E-state index in [1.807, 2.05) is 0 Å². The molecule has 0 spiro atoms. The van der Waals surface area contributed by atoms with Crippen molar-refractivity contribution in [3.63, 3.8) is 0 Å². The maximum absolute atomic E-state index is 5.42. The summed E-state index contributed by atoms with van der Waals surface area (Å²) in [5, 5.41) is 0. The average molecular weight is 182 g/mol. The minimum atomic E-state index is -0.247. The van der Waals surface area contributed by atoms with Crippen molar-refractivity contribution < 1.29 is 4.74 Å². The first kappa shape index (κ1) is 12.5. The van der Waals surface area contributed by atoms with Gasteiger partial charge in [0.25, 0.3) is 0 Å². The lowest BCUT2D eigenvalue weighted by Gasteiger charge is -2.23. The molecule has 0 saturated carbocycles. The second kappa shape index (κ2) is 6.05. The highest BCUT2D eigenvalue weighted by molar-refractivity contribution is 5.12. The predicted octanol–water partition coefficient (Wildman–Crippen LogP) is 3.24. The number of hydrogen-bond donors (Lipinski definition) is 0. The van der Waals surface area contributed by atoms with Gasteiger partial charge < -0.3 is 4.74 Å². The first-order valence-corrected chi connectivity index (χ1v) is 5.09. The summed E-state index contributed by atoms with van der Waals surface area (Å²) in [5.74, 6) is 6.99. The SMILES string of the molecule is CCCC#CC(C)(CC(C)C)OC. The van der Waals surface area contributed by atoms with E-state index in [9.17, 15) is 0 Å². The standard InChI is InChI=1S/C12H22O/c1-6-7-8-9-12(4,13-5)10-11(2)3/h11H,6-7,10H2,1-5H3. The van der Waals surface area contributed by atoms with Crippen molar-refractivity contribution in [3.05, 3.63) is 0 Å². The zero-order chi connectivity index (χ0) is 10.3. The van der Waals surface area contributed by atoms with Crippen molar-refractivity contribution in [2.24, 2.45) is 5.92 Å². The zero-order valence-corrected chi connectivity index (χ0v) is 9.61. The van der Waals surface area contributed by atoms with Crippen molar-refractivity contribution in [1.29, 1.82) is 0 Å². The van der Waals surface area contributed by atoms with Gasteiger partial charge in [0, 0.05) is 13.5 Å². The number of hydrogen-bond acceptors (Lipinski definition) is 1. The van der Waals surface area contributed by atoms with E-state index in [0.29, 0.717) is 5.92 Å². The summed E-state index contributed by atoms with van der Waals surface area (Å²) >= 11 is 0. The van der Waals surface area contributed by atoms with E-state index in [4.69, 9.17) is 4.74 Å². The Morgan fingerprint density at radius 1 is 1.38 bits per heavy atom. The van der Waals surface area contributed by atoms with E-state index >= 15 is 0 Å². The fraction of sp³-hybridized carbons (Fsp3) is 0.833. The molecule has 0 aliphatic rings. The van der Waals surface area contributed by atoms with Crippen LogP contribution >= 0.6 is 0 Å². The molecule has 13 heavy (non-hydrogen) atoms. The first-order valence-electron chi connectivity index (χ1n) is 5.09. The summed E-state index contributed by atoms with van der Waals surface area (Å²) in [6.45, 7) is 8.59. The molecule has 1 nitrogen and oxygen atoms in total. The van der Waals surface area contributed by atoms with Crippen molar-refractivity contribution >= 4 is 0 Å². The summed E-state index contributed by atoms with van der Waals surface area (Å²) in [4.78, 5) is 0. The van der Waals surface area contributed by atoms with Crippen LogP contribution in [0.2, 0.25) is 0 Å². The minimum Gasteiger partial charge on any atom is -0.366 e. The summed E-state index contributed by atoms with van der Waals surface area (Å²) in [6.07, 6.45) is 3.09. The number of rotatable bonds is 4. The largest absolute Gasteiger partial charge is 0.366 e. The molecule has 0 rings (SSSR count). The van der Waals surface area contributed by atoms with Gasteiger partial charge in [-0.1, -0.05) is 26.7 Å². The van der Waals surface area contributed by atoms with Gasteiger partial charge in [-0.2, -0.15) is 0 Å². The van der Waals surface area contributed by atoms with Gasteiger partial charge in [-0.3, -0.25) is 0 Å². The molecule has 0 fully saturated rings. The van der Waals surface area contributed by atoms with Gasteiger partial charge in [-0.05, 0) is 25.7 Å². The van der Waals surface area contributed by atoms with Crippen LogP contribution in [0.1, 0.15) is 47.0 Å². The Balaban J connectivity index is 4.21. The molecule has 0 aliphatic heterocycles. The van der Waals surface area contributed by atoms with Crippen LogP contribution in [-0.4, -0.2) is 12.7 Å². The molecule has 1 heteroatoms. The van der Waals surface area contributed by atoms with Crippen molar-refractivity contribution in [2.75, 3.05) is 7.11 Å². The number of ether oxygens (including phenoxy) is 1. The normalized spacial score (nSPS) is 14.9. The third-order valence-electron chi connectivity index (χ3n) is 1.98. The predicted molar refractivity (Wildman–Crippen MR) is 57.6 cm³/mol. The van der Waals surface area contributed by atoms with E-state index in [2.05, 4.69) is 39.5 Å². The molecular formula is C12H22O. The molecule has 0 aromatic heterocycles. The number of methoxy groups -OCH3 is 1. The number of unbranched alkanes of at least 4 members (excludes halogenated alkanes) is 1. The molecule has 0 aromatic rings. The quantitative estimate of drug-likeness (QED) is 0.606. The average Bonchev–Trinajstić information content (AvgIpc) is 2.04. The van der Waals surface area contributed by atoms with Gasteiger partial charge in [0.1, 0.15) is 5.60 Å². The van der Waals surface area contributed by atoms with Gasteiger partial charge in [0.2, 0.25) is 0 Å². The lowest BCUT2D eigenvalue weighted by molar-refractivity contribution is 0.0395. The smallest absolute Gasteiger partial charge is 0.125 e. The Kier molecular flexibility index (Phi) is 5.82. The van der Waals surface area contributed by atoms with Crippen molar-refractivity contribution in [2.45, 2.75) is 52.6 Å². The highest BCUT2D eigenvalue weighted by Gasteiger charge is 2.21. The van der Waals surface area contributed by atoms with Gasteiger partial charge >= 0.3 is 0 Å². The first-order chi connectivity index (χ1) is 6.04. The van der Waals surface area contributed by atoms with Gasteiger partial charge in [0.15, 0.2) is 0 Å². The van der Waals surface area contributed by atoms with Gasteiger partial charge in [-0.15, -0.1) is 5.92 Å². The second-order valence-electron chi connectivity index (χ2n) is 4.08. The Hall–Kier alpha value is -0.480. The lowest BCUT2D eigenvalue weighted by atomic mass is 9.94. The highest BCUT2D eigenvalue weighted by Crippen LogP contribution is 2.19. The molecule has 0 aliphatic carbocycles. The van der Waals surface area contributed by atoms with Crippen LogP contribution in [0, 0.1) is 17.8 Å². The van der Waals surface area contributed by atoms with E-state index in [0.717, 1.165) is 19.3 Å². The van der Waals surface area contributed by atoms with E-state index < -0.39 is 0 Å². The van der Waals surface area contributed by atoms with E-state index in [1.165, 1.54) is 0 Å². The fourth-order valence-electron chi connectivity index (χ4n) is 1.34. The summed E-state index contributed by atoms with van der Waals surface area (Å²) in [5.41, 5.74) is -0.247. The molecule has 76 valence electrons. The van der Waals surface area contributed by atoms with Crippen molar-refractivity contribution in [3.8, 4) is 11.8 Å². The van der Waals surface area contributed by atoms with Crippen LogP contribution in [0.5, 0.6) is 0 Å². The summed E-state index contributed by atoms with van der Waals surface area (Å²) in [7, 11) is 1.74. The molecule has 0 amide bonds. The topological polar surface area (TPSA) is 9.23 Å². The molecule has 1 unspecified atom stereocenters. The van der Waals surface area contributed by atoms with Crippen LogP contribution in [0.4, 0.5) is 0 Å². The molecule has 0 N–H and O–H groups in total. The molecule has 1 atom stereocenters. The van der Waals surface area contributed by atoms with Gasteiger partial charge in [0.05, 0.1) is 0 Å². The van der Waals surface area contributed by atoms with E-state index in [-0.39, 0.29) is 5.60 Å². The Morgan fingerprint density at radius 3 is 2.38 bits per heavy atom. The Bertz CT molecular complexity index is 185. The third-order valence-corrected chi connectivity index (χ3v) is 1.98. The Morgan fingerprint density at radius 2 is 2.00 bits per heavy atom. The van der Waals surface area contributed by atoms with Crippen LogP contribution in [0.25, 0.3) is 0 Å². The lowest BCUT2D eigenvalue weighted by Crippen LogP contribution is -2.27. The Labute approximate surface area is 82.9 Å². The molecule has 0 bridgehead atoms. The highest BCUT2D eigenvalue weighted by atomic mass is 16.5. The summed E-state index contributed by atoms with van der Waals surface area (Å²) < 4.78 is 5.42. The molecule has 0 aromatic carbocycles. The monoisotopic (exact) mass is 182 g/mol. The third kappa shape index (κ3) is 5.71. The maximum Gasteiger partial charge on any atom is 0.125 e. The maximum atomic E-state index is 5.42. The van der Waals surface area contributed by atoms with E-state index in [1.54, 1.807) is 7.11 Å². The van der Waals surface area contributed by atoms with Crippen LogP contribution in [0.15, 0.2) is 0 Å². The molecule has 0 saturated heterocycles. The van der Waals surface area contributed by atoms with Crippen LogP contribution in [-0.2, 0) is 4.74 Å². The molecular weight excluding hydrogens is 160 g/mol. The van der Waals surface area contributed by atoms with Crippen molar-refractivity contribution in [1.82, 2.24) is 0 Å². The van der Waals surface area contributed by atoms with Gasteiger partial charge in [-0.25, -0.2) is 0 Å². The minimum absolute atomic E-state index is 0.247. The second-order valence-corrected chi connectivity index (χ2v) is 4.08. The molecule has 0 heterocycles. The zero-order valence-electron chi connectivity index (χ0n) is 9.61. The summed E-state index contributed by atoms with van der Waals surface area (Å²) in [6, 6.07) is 0. The van der Waals surface area contributed by atoms with Crippen LogP contribution in [0.3, 0.4) is 0 Å².